The van der Waals surface area contributed by atoms with Gasteiger partial charge in [0, 0.05) is 5.56 Å². The second-order valence-corrected chi connectivity index (χ2v) is 3.98. The Bertz CT molecular complexity index is 440. The highest BCUT2D eigenvalue weighted by molar-refractivity contribution is 5.71. The van der Waals surface area contributed by atoms with E-state index in [2.05, 4.69) is 48.3 Å². The van der Waals surface area contributed by atoms with Gasteiger partial charge >= 0.3 is 0 Å². The maximum Gasteiger partial charge on any atom is 0.0879 e. The van der Waals surface area contributed by atoms with Gasteiger partial charge in [0.25, 0.3) is 0 Å². The quantitative estimate of drug-likeness (QED) is 0.785. The Morgan fingerprint density at radius 1 is 1.20 bits per heavy atom. The highest BCUT2D eigenvalue weighted by Crippen LogP contribution is 2.24. The van der Waals surface area contributed by atoms with Crippen molar-refractivity contribution < 1.29 is 0 Å². The number of nitrogen functional groups attached to an aromatic ring is 1. The first kappa shape index (κ1) is 9.77. The van der Waals surface area contributed by atoms with Crippen molar-refractivity contribution >= 4 is 5.69 Å². The topological polar surface area (TPSA) is 54.7 Å². The summed E-state index contributed by atoms with van der Waals surface area (Å²) in [5.41, 5.74) is 9.77. The number of benzene rings is 1. The molecule has 0 aliphatic rings. The molecule has 0 radical (unpaired) electrons. The van der Waals surface area contributed by atoms with Gasteiger partial charge in [0.15, 0.2) is 0 Å². The largest absolute Gasteiger partial charge is 0.396 e. The molecule has 2 rings (SSSR count). The van der Waals surface area contributed by atoms with E-state index in [1.54, 1.807) is 6.20 Å². The minimum atomic E-state index is 0.554. The highest BCUT2D eigenvalue weighted by atomic mass is 15.1. The first-order valence-electron chi connectivity index (χ1n) is 5.07. The van der Waals surface area contributed by atoms with Gasteiger partial charge in [-0.2, -0.15) is 5.10 Å². The number of aromatic nitrogens is 2. The van der Waals surface area contributed by atoms with Crippen molar-refractivity contribution in [3.63, 3.8) is 0 Å². The molecule has 0 bridgehead atoms. The smallest absolute Gasteiger partial charge is 0.0879 e. The molecule has 0 atom stereocenters. The zero-order valence-corrected chi connectivity index (χ0v) is 8.99. The normalized spacial score (nSPS) is 10.9. The molecule has 0 aliphatic heterocycles. The van der Waals surface area contributed by atoms with Crippen molar-refractivity contribution in [2.75, 3.05) is 5.73 Å². The van der Waals surface area contributed by atoms with Crippen molar-refractivity contribution in [2.24, 2.45) is 0 Å². The third-order valence-corrected chi connectivity index (χ3v) is 2.53. The Labute approximate surface area is 89.3 Å². The standard InChI is InChI=1S/C12H15N3/c1-8(2)9-3-5-10(6-4-9)12-11(13)7-14-15-12/h3-8H,13H2,1-2H3,(H,14,15). The lowest BCUT2D eigenvalue weighted by Gasteiger charge is -2.06. The van der Waals surface area contributed by atoms with Crippen LogP contribution in [0.3, 0.4) is 0 Å². The van der Waals surface area contributed by atoms with Crippen LogP contribution in [0, 0.1) is 0 Å². The van der Waals surface area contributed by atoms with Crippen LogP contribution in [-0.4, -0.2) is 10.2 Å². The summed E-state index contributed by atoms with van der Waals surface area (Å²) >= 11 is 0. The molecule has 1 heterocycles. The van der Waals surface area contributed by atoms with Crippen molar-refractivity contribution in [1.82, 2.24) is 10.2 Å². The Balaban J connectivity index is 2.36. The van der Waals surface area contributed by atoms with Crippen LogP contribution < -0.4 is 5.73 Å². The maximum absolute atomic E-state index is 5.78. The third-order valence-electron chi connectivity index (χ3n) is 2.53. The van der Waals surface area contributed by atoms with Gasteiger partial charge in [-0.15, -0.1) is 0 Å². The highest BCUT2D eigenvalue weighted by Gasteiger charge is 2.05. The molecule has 3 heteroatoms. The molecule has 15 heavy (non-hydrogen) atoms. The van der Waals surface area contributed by atoms with Gasteiger partial charge in [-0.25, -0.2) is 0 Å². The van der Waals surface area contributed by atoms with Crippen molar-refractivity contribution in [3.05, 3.63) is 36.0 Å². The second kappa shape index (κ2) is 3.77. The number of rotatable bonds is 2. The molecular weight excluding hydrogens is 186 g/mol. The van der Waals surface area contributed by atoms with E-state index < -0.39 is 0 Å². The molecule has 0 fully saturated rings. The third kappa shape index (κ3) is 1.86. The van der Waals surface area contributed by atoms with Crippen LogP contribution in [0.15, 0.2) is 30.5 Å². The van der Waals surface area contributed by atoms with E-state index >= 15 is 0 Å². The molecule has 78 valence electrons. The summed E-state index contributed by atoms with van der Waals surface area (Å²) in [5.74, 6) is 0.554. The van der Waals surface area contributed by atoms with E-state index in [1.807, 2.05) is 0 Å². The lowest BCUT2D eigenvalue weighted by molar-refractivity contribution is 0.867. The molecule has 3 N–H and O–H groups in total. The van der Waals surface area contributed by atoms with Crippen LogP contribution in [0.25, 0.3) is 11.3 Å². The fraction of sp³-hybridized carbons (Fsp3) is 0.250. The molecule has 0 aliphatic carbocycles. The fourth-order valence-electron chi connectivity index (χ4n) is 1.56. The predicted molar refractivity (Wildman–Crippen MR) is 62.5 cm³/mol. The Morgan fingerprint density at radius 2 is 1.87 bits per heavy atom. The van der Waals surface area contributed by atoms with Gasteiger partial charge in [-0.05, 0) is 11.5 Å². The van der Waals surface area contributed by atoms with Gasteiger partial charge in [0.1, 0.15) is 0 Å². The Kier molecular flexibility index (Phi) is 2.46. The molecule has 2 aromatic rings. The number of H-pyrrole nitrogens is 1. The zero-order chi connectivity index (χ0) is 10.8. The monoisotopic (exact) mass is 201 g/mol. The molecule has 0 unspecified atom stereocenters. The zero-order valence-electron chi connectivity index (χ0n) is 8.99. The van der Waals surface area contributed by atoms with Crippen molar-refractivity contribution in [1.29, 1.82) is 0 Å². The van der Waals surface area contributed by atoms with E-state index in [9.17, 15) is 0 Å². The lowest BCUT2D eigenvalue weighted by Crippen LogP contribution is -1.89. The van der Waals surface area contributed by atoms with E-state index in [1.165, 1.54) is 5.56 Å². The summed E-state index contributed by atoms with van der Waals surface area (Å²) < 4.78 is 0. The van der Waals surface area contributed by atoms with Gasteiger partial charge in [-0.3, -0.25) is 5.10 Å². The van der Waals surface area contributed by atoms with Crippen LogP contribution in [0.1, 0.15) is 25.3 Å². The van der Waals surface area contributed by atoms with E-state index in [4.69, 9.17) is 5.73 Å². The van der Waals surface area contributed by atoms with Gasteiger partial charge < -0.3 is 5.73 Å². The van der Waals surface area contributed by atoms with Gasteiger partial charge in [-0.1, -0.05) is 38.1 Å². The van der Waals surface area contributed by atoms with Crippen LogP contribution >= 0.6 is 0 Å². The molecule has 0 spiro atoms. The number of hydrogen-bond acceptors (Lipinski definition) is 2. The van der Waals surface area contributed by atoms with E-state index in [0.717, 1.165) is 11.3 Å². The maximum atomic E-state index is 5.78. The van der Waals surface area contributed by atoms with Gasteiger partial charge in [0.05, 0.1) is 17.6 Å². The van der Waals surface area contributed by atoms with E-state index in [-0.39, 0.29) is 0 Å². The molecular formula is C12H15N3. The SMILES string of the molecule is CC(C)c1ccc(-c2[nH]ncc2N)cc1. The fourth-order valence-corrected chi connectivity index (χ4v) is 1.56. The molecule has 3 nitrogen and oxygen atoms in total. The molecule has 1 aromatic carbocycles. The molecule has 0 saturated heterocycles. The second-order valence-electron chi connectivity index (χ2n) is 3.98. The number of nitrogens with zero attached hydrogens (tertiary/aromatic N) is 1. The first-order chi connectivity index (χ1) is 7.18. The minimum absolute atomic E-state index is 0.554. The van der Waals surface area contributed by atoms with Gasteiger partial charge in [0.2, 0.25) is 0 Å². The number of anilines is 1. The summed E-state index contributed by atoms with van der Waals surface area (Å²) in [6.45, 7) is 4.36. The average molecular weight is 201 g/mol. The Hall–Kier alpha value is -1.77. The van der Waals surface area contributed by atoms with E-state index in [0.29, 0.717) is 11.6 Å². The minimum Gasteiger partial charge on any atom is -0.396 e. The molecule has 0 amide bonds. The molecule has 1 aromatic heterocycles. The van der Waals surface area contributed by atoms with Crippen molar-refractivity contribution in [3.8, 4) is 11.3 Å². The number of hydrogen-bond donors (Lipinski definition) is 2. The van der Waals surface area contributed by atoms with Crippen LogP contribution in [-0.2, 0) is 0 Å². The molecule has 0 saturated carbocycles. The first-order valence-corrected chi connectivity index (χ1v) is 5.07. The van der Waals surface area contributed by atoms with Crippen LogP contribution in [0.4, 0.5) is 5.69 Å². The van der Waals surface area contributed by atoms with Crippen LogP contribution in [0.2, 0.25) is 0 Å². The number of nitrogens with one attached hydrogen (secondary N) is 1. The summed E-state index contributed by atoms with van der Waals surface area (Å²) in [4.78, 5) is 0. The number of aromatic amines is 1. The summed E-state index contributed by atoms with van der Waals surface area (Å²) in [5, 5.41) is 6.80. The summed E-state index contributed by atoms with van der Waals surface area (Å²) in [7, 11) is 0. The Morgan fingerprint density at radius 3 is 2.33 bits per heavy atom. The summed E-state index contributed by atoms with van der Waals surface area (Å²) in [6.07, 6.45) is 1.63. The lowest BCUT2D eigenvalue weighted by atomic mass is 10.0. The predicted octanol–water partition coefficient (Wildman–Crippen LogP) is 2.78. The average Bonchev–Trinajstić information content (AvgIpc) is 2.65. The number of nitrogens with two attached hydrogens (primary N) is 1. The van der Waals surface area contributed by atoms with Crippen LogP contribution in [0.5, 0.6) is 0 Å². The summed E-state index contributed by atoms with van der Waals surface area (Å²) in [6, 6.07) is 8.39. The van der Waals surface area contributed by atoms with Crippen molar-refractivity contribution in [2.45, 2.75) is 19.8 Å².